The van der Waals surface area contributed by atoms with Crippen LogP contribution in [0.5, 0.6) is 0 Å². The highest BCUT2D eigenvalue weighted by Crippen LogP contribution is 2.29. The van der Waals surface area contributed by atoms with Crippen molar-refractivity contribution in [2.45, 2.75) is 57.9 Å². The highest BCUT2D eigenvalue weighted by Gasteiger charge is 2.33. The number of nitrogens with one attached hydrogen (secondary N) is 1. The third kappa shape index (κ3) is 7.86. The Morgan fingerprint density at radius 1 is 0.950 bits per heavy atom. The van der Waals surface area contributed by atoms with Gasteiger partial charge in [-0.2, -0.15) is 0 Å². The van der Waals surface area contributed by atoms with Crippen LogP contribution in [0, 0.1) is 13.8 Å². The number of benzene rings is 3. The van der Waals surface area contributed by atoms with Crippen LogP contribution >= 0.6 is 11.6 Å². The van der Waals surface area contributed by atoms with E-state index >= 15 is 0 Å². The van der Waals surface area contributed by atoms with Gasteiger partial charge in [0.15, 0.2) is 0 Å². The summed E-state index contributed by atoms with van der Waals surface area (Å²) in [6.07, 6.45) is 1.67. The fourth-order valence-electron chi connectivity index (χ4n) is 4.51. The summed E-state index contributed by atoms with van der Waals surface area (Å²) >= 11 is 6.18. The van der Waals surface area contributed by atoms with Crippen molar-refractivity contribution in [3.8, 4) is 0 Å². The Labute approximate surface area is 243 Å². The fraction of sp³-hybridized carbons (Fsp3) is 0.355. The molecular formula is C31H38ClN3O4S. The molecule has 0 bridgehead atoms. The highest BCUT2D eigenvalue weighted by atomic mass is 35.5. The first-order valence-corrected chi connectivity index (χ1v) is 15.4. The van der Waals surface area contributed by atoms with E-state index in [2.05, 4.69) is 5.32 Å². The van der Waals surface area contributed by atoms with Gasteiger partial charge in [0.2, 0.25) is 11.8 Å². The Bertz CT molecular complexity index is 1400. The molecule has 40 heavy (non-hydrogen) atoms. The lowest BCUT2D eigenvalue weighted by molar-refractivity contribution is -0.139. The Hall–Kier alpha value is -3.36. The molecular weight excluding hydrogens is 546 g/mol. The summed E-state index contributed by atoms with van der Waals surface area (Å²) < 4.78 is 29.1. The highest BCUT2D eigenvalue weighted by molar-refractivity contribution is 7.92. The van der Waals surface area contributed by atoms with E-state index in [1.165, 1.54) is 17.0 Å². The average molecular weight is 584 g/mol. The van der Waals surface area contributed by atoms with Crippen molar-refractivity contribution in [3.63, 3.8) is 0 Å². The van der Waals surface area contributed by atoms with Crippen molar-refractivity contribution in [2.75, 3.05) is 23.9 Å². The van der Waals surface area contributed by atoms with Crippen molar-refractivity contribution in [2.24, 2.45) is 0 Å². The SMILES string of the molecule is CCCNC(=O)[C@H](CC)N(CCc1ccccc1)C(=O)CN(c1ccc(Cl)cc1C)S(=O)(=O)c1ccc(C)cc1. The first-order valence-electron chi connectivity index (χ1n) is 13.5. The van der Waals surface area contributed by atoms with Crippen LogP contribution in [0.2, 0.25) is 5.02 Å². The molecule has 0 aliphatic carbocycles. The summed E-state index contributed by atoms with van der Waals surface area (Å²) in [6, 6.07) is 20.3. The number of nitrogens with zero attached hydrogens (tertiary/aromatic N) is 2. The lowest BCUT2D eigenvalue weighted by Gasteiger charge is -2.33. The van der Waals surface area contributed by atoms with Crippen LogP contribution in [0.1, 0.15) is 43.4 Å². The number of sulfonamides is 1. The summed E-state index contributed by atoms with van der Waals surface area (Å²) in [7, 11) is -4.13. The molecule has 3 aromatic rings. The van der Waals surface area contributed by atoms with Crippen LogP contribution in [0.25, 0.3) is 0 Å². The molecule has 0 aliphatic rings. The molecule has 0 aromatic heterocycles. The summed E-state index contributed by atoms with van der Waals surface area (Å²) in [5.74, 6) is -0.708. The van der Waals surface area contributed by atoms with Gasteiger partial charge in [-0.1, -0.05) is 73.5 Å². The molecule has 0 unspecified atom stereocenters. The minimum absolute atomic E-state index is 0.0730. The Morgan fingerprint density at radius 2 is 1.62 bits per heavy atom. The van der Waals surface area contributed by atoms with Gasteiger partial charge in [-0.3, -0.25) is 13.9 Å². The van der Waals surface area contributed by atoms with Crippen LogP contribution in [0.3, 0.4) is 0 Å². The Balaban J connectivity index is 2.03. The molecule has 2 amide bonds. The molecule has 7 nitrogen and oxygen atoms in total. The number of amides is 2. The molecule has 3 rings (SSSR count). The van der Waals surface area contributed by atoms with E-state index in [-0.39, 0.29) is 17.3 Å². The molecule has 0 spiro atoms. The maximum absolute atomic E-state index is 14.1. The van der Waals surface area contributed by atoms with Crippen molar-refractivity contribution >= 4 is 39.1 Å². The lowest BCUT2D eigenvalue weighted by atomic mass is 10.1. The average Bonchev–Trinajstić information content (AvgIpc) is 2.93. The predicted molar refractivity (Wildman–Crippen MR) is 161 cm³/mol. The van der Waals surface area contributed by atoms with Crippen LogP contribution in [0.15, 0.2) is 77.7 Å². The molecule has 9 heteroatoms. The van der Waals surface area contributed by atoms with Gasteiger partial charge >= 0.3 is 0 Å². The number of rotatable bonds is 13. The minimum atomic E-state index is -4.13. The number of hydrogen-bond donors (Lipinski definition) is 1. The zero-order valence-electron chi connectivity index (χ0n) is 23.6. The van der Waals surface area contributed by atoms with Crippen molar-refractivity contribution < 1.29 is 18.0 Å². The van der Waals surface area contributed by atoms with Crippen molar-refractivity contribution in [3.05, 3.63) is 94.5 Å². The van der Waals surface area contributed by atoms with Gasteiger partial charge in [0.05, 0.1) is 10.6 Å². The standard InChI is InChI=1S/C31H38ClN3O4S/c1-5-19-33-31(37)28(6-2)34(20-18-25-10-8-7-9-11-25)30(36)22-35(29-17-14-26(32)21-24(29)4)40(38,39)27-15-12-23(3)13-16-27/h7-17,21,28H,5-6,18-20,22H2,1-4H3,(H,33,37)/t28-/m0/s1. The number of halogens is 1. The minimum Gasteiger partial charge on any atom is -0.354 e. The van der Waals surface area contributed by atoms with E-state index in [1.54, 1.807) is 37.3 Å². The van der Waals surface area contributed by atoms with Gasteiger partial charge in [-0.05, 0) is 74.6 Å². The molecule has 3 aromatic carbocycles. The maximum atomic E-state index is 14.1. The molecule has 0 fully saturated rings. The van der Waals surface area contributed by atoms with Crippen LogP contribution in [-0.2, 0) is 26.0 Å². The first-order chi connectivity index (χ1) is 19.1. The normalized spacial score (nSPS) is 12.0. The number of carbonyl (C=O) groups is 2. The van der Waals surface area contributed by atoms with E-state index < -0.39 is 28.5 Å². The Morgan fingerprint density at radius 3 is 2.23 bits per heavy atom. The van der Waals surface area contributed by atoms with E-state index in [0.29, 0.717) is 35.7 Å². The summed E-state index contributed by atoms with van der Waals surface area (Å²) in [4.78, 5) is 28.8. The van der Waals surface area contributed by atoms with Crippen LogP contribution < -0.4 is 9.62 Å². The zero-order chi connectivity index (χ0) is 29.3. The monoisotopic (exact) mass is 583 g/mol. The summed E-state index contributed by atoms with van der Waals surface area (Å²) in [6.45, 7) is 7.73. The molecule has 214 valence electrons. The predicted octanol–water partition coefficient (Wildman–Crippen LogP) is 5.53. The molecule has 0 saturated heterocycles. The van der Waals surface area contributed by atoms with E-state index in [1.807, 2.05) is 51.1 Å². The van der Waals surface area contributed by atoms with Gasteiger partial charge in [0.25, 0.3) is 10.0 Å². The van der Waals surface area contributed by atoms with E-state index in [9.17, 15) is 18.0 Å². The van der Waals surface area contributed by atoms with Crippen LogP contribution in [-0.4, -0.2) is 50.8 Å². The third-order valence-electron chi connectivity index (χ3n) is 6.73. The molecule has 0 radical (unpaired) electrons. The van der Waals surface area contributed by atoms with Gasteiger partial charge in [0, 0.05) is 18.1 Å². The fourth-order valence-corrected chi connectivity index (χ4v) is 6.22. The second kappa shape index (κ2) is 14.3. The van der Waals surface area contributed by atoms with Crippen molar-refractivity contribution in [1.82, 2.24) is 10.2 Å². The molecule has 0 saturated carbocycles. The van der Waals surface area contributed by atoms with Gasteiger partial charge in [-0.15, -0.1) is 0 Å². The smallest absolute Gasteiger partial charge is 0.264 e. The molecule has 1 N–H and O–H groups in total. The van der Waals surface area contributed by atoms with Crippen LogP contribution in [0.4, 0.5) is 5.69 Å². The summed E-state index contributed by atoms with van der Waals surface area (Å²) in [5, 5.41) is 3.36. The quantitative estimate of drug-likeness (QED) is 0.287. The number of aryl methyl sites for hydroxylation is 2. The number of anilines is 1. The molecule has 0 aliphatic heterocycles. The second-order valence-electron chi connectivity index (χ2n) is 9.79. The zero-order valence-corrected chi connectivity index (χ0v) is 25.1. The lowest BCUT2D eigenvalue weighted by Crippen LogP contribution is -2.53. The van der Waals surface area contributed by atoms with E-state index in [0.717, 1.165) is 21.9 Å². The molecule has 0 heterocycles. The number of hydrogen-bond acceptors (Lipinski definition) is 4. The first kappa shape index (κ1) is 31.2. The summed E-state index contributed by atoms with van der Waals surface area (Å²) in [5.41, 5.74) is 2.89. The Kier molecular flexibility index (Phi) is 11.2. The van der Waals surface area contributed by atoms with Gasteiger partial charge in [0.1, 0.15) is 12.6 Å². The van der Waals surface area contributed by atoms with Gasteiger partial charge in [-0.25, -0.2) is 8.42 Å². The maximum Gasteiger partial charge on any atom is 0.264 e. The second-order valence-corrected chi connectivity index (χ2v) is 12.1. The number of carbonyl (C=O) groups excluding carboxylic acids is 2. The molecule has 1 atom stereocenters. The van der Waals surface area contributed by atoms with Crippen molar-refractivity contribution in [1.29, 1.82) is 0 Å². The topological polar surface area (TPSA) is 86.8 Å². The van der Waals surface area contributed by atoms with E-state index in [4.69, 9.17) is 11.6 Å². The van der Waals surface area contributed by atoms with Gasteiger partial charge < -0.3 is 10.2 Å². The largest absolute Gasteiger partial charge is 0.354 e. The third-order valence-corrected chi connectivity index (χ3v) is 8.74.